The van der Waals surface area contributed by atoms with Gasteiger partial charge >= 0.3 is 0 Å². The number of rotatable bonds is 11. The van der Waals surface area contributed by atoms with E-state index in [4.69, 9.17) is 14.0 Å². The lowest BCUT2D eigenvalue weighted by molar-refractivity contribution is -0.123. The minimum Gasteiger partial charge on any atom is -0.494 e. The molecule has 0 bridgehead atoms. The molecule has 3 amide bonds. The third-order valence-corrected chi connectivity index (χ3v) is 5.53. The van der Waals surface area contributed by atoms with Crippen LogP contribution in [0.1, 0.15) is 27.4 Å². The van der Waals surface area contributed by atoms with E-state index >= 15 is 0 Å². The Labute approximate surface area is 216 Å². The molecule has 1 aliphatic carbocycles. The summed E-state index contributed by atoms with van der Waals surface area (Å²) < 4.78 is 29.4. The molecule has 0 aliphatic heterocycles. The number of methoxy groups -OCH3 is 1. The van der Waals surface area contributed by atoms with Crippen molar-refractivity contribution in [2.45, 2.75) is 19.4 Å². The molecule has 1 aliphatic rings. The highest BCUT2D eigenvalue weighted by Crippen LogP contribution is 2.38. The lowest BCUT2D eigenvalue weighted by atomic mass is 10.1. The molecular weight excluding hydrogens is 480 g/mol. The molecule has 1 fully saturated rings. The number of hydrogen-bond donors (Lipinski definition) is 5. The number of nitrogens with one attached hydrogen (secondary N) is 4. The van der Waals surface area contributed by atoms with Crippen LogP contribution in [0.2, 0.25) is 0 Å². The van der Waals surface area contributed by atoms with Gasteiger partial charge in [0.2, 0.25) is 11.8 Å². The van der Waals surface area contributed by atoms with Gasteiger partial charge in [0.25, 0.3) is 5.91 Å². The molecule has 13 nitrogen and oxygen atoms in total. The molecule has 5 N–H and O–H groups in total. The van der Waals surface area contributed by atoms with E-state index in [9.17, 15) is 14.4 Å². The Balaban J connectivity index is 1.63. The van der Waals surface area contributed by atoms with E-state index in [1.54, 1.807) is 35.1 Å². The number of ether oxygens (including phenoxy) is 1. The molecule has 0 saturated heterocycles. The minimum atomic E-state index is -2.76. The molecule has 194 valence electrons. The molecule has 4 rings (SSSR count). The number of amides is 3. The second kappa shape index (κ2) is 11.5. The summed E-state index contributed by atoms with van der Waals surface area (Å²) in [6, 6.07) is 8.33. The van der Waals surface area contributed by atoms with Gasteiger partial charge in [-0.15, -0.1) is 10.2 Å². The standard InChI is InChI=1S/C24H28N8O5/c1-25-24(36)21-18(12-19(29-30-21)28-23(35)14-6-7-14)27-17-5-3-4-15(22(17)37-2)16-8-10-32(31-16)11-9-26-20(34)13-33/h3-5,8,10,12,14,33H,6-7,9,11,13H2,1-2H3,(H,25,36)(H,26,34)(H2,27,28,29,35)/i1D3. The first kappa shape index (κ1) is 21.7. The first-order chi connectivity index (χ1) is 19.1. The first-order valence-corrected chi connectivity index (χ1v) is 11.4. The maximum absolute atomic E-state index is 12.7. The van der Waals surface area contributed by atoms with E-state index in [1.807, 2.05) is 5.32 Å². The van der Waals surface area contributed by atoms with Crippen LogP contribution in [0.15, 0.2) is 36.5 Å². The van der Waals surface area contributed by atoms with Crippen molar-refractivity contribution >= 4 is 34.9 Å². The zero-order valence-electron chi connectivity index (χ0n) is 22.9. The minimum absolute atomic E-state index is 0.0865. The Morgan fingerprint density at radius 1 is 1.22 bits per heavy atom. The maximum atomic E-state index is 12.7. The fourth-order valence-corrected chi connectivity index (χ4v) is 3.55. The summed E-state index contributed by atoms with van der Waals surface area (Å²) in [6.07, 6.45) is 3.28. The van der Waals surface area contributed by atoms with Gasteiger partial charge < -0.3 is 31.1 Å². The van der Waals surface area contributed by atoms with Gasteiger partial charge in [0.05, 0.1) is 30.7 Å². The number of para-hydroxylation sites is 1. The van der Waals surface area contributed by atoms with Crippen molar-refractivity contribution in [3.63, 3.8) is 0 Å². The molecule has 0 radical (unpaired) electrons. The van der Waals surface area contributed by atoms with Crippen molar-refractivity contribution in [3.05, 3.63) is 42.2 Å². The Morgan fingerprint density at radius 2 is 2.05 bits per heavy atom. The monoisotopic (exact) mass is 511 g/mol. The molecule has 1 aromatic carbocycles. The van der Waals surface area contributed by atoms with Crippen LogP contribution < -0.4 is 26.0 Å². The molecular formula is C24H28N8O5. The summed E-state index contributed by atoms with van der Waals surface area (Å²) in [5.74, 6) is -1.33. The van der Waals surface area contributed by atoms with Crippen molar-refractivity contribution in [3.8, 4) is 17.0 Å². The zero-order chi connectivity index (χ0) is 28.9. The third kappa shape index (κ3) is 6.19. The molecule has 13 heteroatoms. The summed E-state index contributed by atoms with van der Waals surface area (Å²) in [4.78, 5) is 36.2. The fraction of sp³-hybridized carbons (Fsp3) is 0.333. The molecule has 1 saturated carbocycles. The van der Waals surface area contributed by atoms with E-state index in [0.717, 1.165) is 12.8 Å². The predicted molar refractivity (Wildman–Crippen MR) is 134 cm³/mol. The summed E-state index contributed by atoms with van der Waals surface area (Å²) in [7, 11) is 1.46. The van der Waals surface area contributed by atoms with E-state index in [1.165, 1.54) is 13.2 Å². The molecule has 0 spiro atoms. The van der Waals surface area contributed by atoms with E-state index in [-0.39, 0.29) is 35.6 Å². The van der Waals surface area contributed by atoms with Crippen molar-refractivity contribution in [2.75, 3.05) is 37.9 Å². The Hall–Kier alpha value is -4.52. The van der Waals surface area contributed by atoms with Crippen LogP contribution in [0.5, 0.6) is 5.75 Å². The predicted octanol–water partition coefficient (Wildman–Crippen LogP) is 0.909. The zero-order valence-corrected chi connectivity index (χ0v) is 19.9. The largest absolute Gasteiger partial charge is 0.494 e. The third-order valence-electron chi connectivity index (χ3n) is 5.53. The number of anilines is 3. The Morgan fingerprint density at radius 3 is 2.78 bits per heavy atom. The number of aromatic nitrogens is 4. The van der Waals surface area contributed by atoms with E-state index in [2.05, 4.69) is 31.2 Å². The number of aliphatic hydroxyl groups is 1. The van der Waals surface area contributed by atoms with Crippen LogP contribution >= 0.6 is 0 Å². The number of hydrogen-bond acceptors (Lipinski definition) is 9. The van der Waals surface area contributed by atoms with Crippen LogP contribution in [-0.2, 0) is 16.1 Å². The van der Waals surface area contributed by atoms with Crippen molar-refractivity contribution in [1.29, 1.82) is 0 Å². The molecule has 37 heavy (non-hydrogen) atoms. The number of carbonyl (C=O) groups excluding carboxylic acids is 3. The highest BCUT2D eigenvalue weighted by atomic mass is 16.5. The van der Waals surface area contributed by atoms with Gasteiger partial charge in [0.1, 0.15) is 6.61 Å². The highest BCUT2D eigenvalue weighted by Gasteiger charge is 2.30. The second-order valence-electron chi connectivity index (χ2n) is 8.19. The lowest BCUT2D eigenvalue weighted by Gasteiger charge is -2.16. The second-order valence-corrected chi connectivity index (χ2v) is 8.19. The molecule has 0 unspecified atom stereocenters. The topological polar surface area (TPSA) is 172 Å². The van der Waals surface area contributed by atoms with Crippen molar-refractivity contribution in [1.82, 2.24) is 30.6 Å². The SMILES string of the molecule is [2H]C([2H])([2H])NC(=O)c1nnc(NC(=O)C2CC2)cc1Nc1cccc(-c2ccn(CCNC(=O)CO)n2)c1OC. The van der Waals surface area contributed by atoms with Crippen molar-refractivity contribution < 1.29 is 28.3 Å². The van der Waals surface area contributed by atoms with Crippen LogP contribution in [0.25, 0.3) is 11.3 Å². The average Bonchev–Trinajstić information content (AvgIpc) is 3.66. The molecule has 2 aromatic heterocycles. The van der Waals surface area contributed by atoms with E-state index in [0.29, 0.717) is 29.2 Å². The summed E-state index contributed by atoms with van der Waals surface area (Å²) in [5, 5.41) is 31.3. The maximum Gasteiger partial charge on any atom is 0.273 e. The molecule has 2 heterocycles. The van der Waals surface area contributed by atoms with Gasteiger partial charge in [-0.05, 0) is 31.0 Å². The number of nitrogens with zero attached hydrogens (tertiary/aromatic N) is 4. The van der Waals surface area contributed by atoms with E-state index < -0.39 is 25.4 Å². The van der Waals surface area contributed by atoms with Gasteiger partial charge in [-0.1, -0.05) is 6.07 Å². The lowest BCUT2D eigenvalue weighted by Crippen LogP contribution is -2.29. The Kier molecular flexibility index (Phi) is 6.74. The van der Waals surface area contributed by atoms with Gasteiger partial charge in [-0.25, -0.2) is 0 Å². The number of carbonyl (C=O) groups is 3. The van der Waals surface area contributed by atoms with Gasteiger partial charge in [0, 0.05) is 41.4 Å². The van der Waals surface area contributed by atoms with Crippen molar-refractivity contribution in [2.24, 2.45) is 5.92 Å². The van der Waals surface area contributed by atoms with Gasteiger partial charge in [-0.2, -0.15) is 5.10 Å². The van der Waals surface area contributed by atoms with Crippen LogP contribution in [0.3, 0.4) is 0 Å². The normalized spacial score (nSPS) is 14.1. The van der Waals surface area contributed by atoms with Crippen LogP contribution in [-0.4, -0.2) is 70.0 Å². The number of benzene rings is 1. The Bertz CT molecular complexity index is 1410. The fourth-order valence-electron chi connectivity index (χ4n) is 3.55. The van der Waals surface area contributed by atoms with Gasteiger partial charge in [-0.3, -0.25) is 19.1 Å². The summed E-state index contributed by atoms with van der Waals surface area (Å²) in [6.45, 7) is -2.71. The first-order valence-electron chi connectivity index (χ1n) is 12.9. The van der Waals surface area contributed by atoms with Crippen LogP contribution in [0, 0.1) is 5.92 Å². The molecule has 0 atom stereocenters. The average molecular weight is 512 g/mol. The summed E-state index contributed by atoms with van der Waals surface area (Å²) in [5.41, 5.74) is 1.34. The quantitative estimate of drug-likeness (QED) is 0.251. The summed E-state index contributed by atoms with van der Waals surface area (Å²) >= 11 is 0. The number of aliphatic hydroxyl groups excluding tert-OH is 1. The molecule has 3 aromatic rings. The van der Waals surface area contributed by atoms with Gasteiger partial charge in [0.15, 0.2) is 17.3 Å². The van der Waals surface area contributed by atoms with Crippen LogP contribution in [0.4, 0.5) is 17.2 Å². The smallest absolute Gasteiger partial charge is 0.273 e. The highest BCUT2D eigenvalue weighted by molar-refractivity contribution is 6.00.